The number of hydrogen-bond acceptors (Lipinski definition) is 6. The largest absolute Gasteiger partial charge is 0.496 e. The number of rotatable bonds is 8. The van der Waals surface area contributed by atoms with E-state index in [1.807, 2.05) is 6.07 Å². The van der Waals surface area contributed by atoms with E-state index in [9.17, 15) is 14.4 Å². The first-order chi connectivity index (χ1) is 16.4. The molecule has 3 aromatic carbocycles. The minimum Gasteiger partial charge on any atom is -0.496 e. The maximum Gasteiger partial charge on any atom is 0.323 e. The van der Waals surface area contributed by atoms with E-state index in [2.05, 4.69) is 16.0 Å². The summed E-state index contributed by atoms with van der Waals surface area (Å²) in [5, 5.41) is 8.01. The van der Waals surface area contributed by atoms with Gasteiger partial charge in [0.05, 0.1) is 38.1 Å². The molecule has 0 aromatic heterocycles. The first kappa shape index (κ1) is 23.9. The molecule has 0 saturated carbocycles. The van der Waals surface area contributed by atoms with Crippen LogP contribution in [0.2, 0.25) is 0 Å². The Morgan fingerprint density at radius 1 is 0.676 bits per heavy atom. The van der Waals surface area contributed by atoms with Gasteiger partial charge in [-0.1, -0.05) is 18.2 Å². The summed E-state index contributed by atoms with van der Waals surface area (Å²) in [6.07, 6.45) is 0. The van der Waals surface area contributed by atoms with E-state index in [-0.39, 0.29) is 28.3 Å². The number of methoxy groups -OCH3 is 3. The number of urea groups is 1. The lowest BCUT2D eigenvalue weighted by atomic mass is 10.1. The van der Waals surface area contributed by atoms with Crippen LogP contribution >= 0.6 is 0 Å². The summed E-state index contributed by atoms with van der Waals surface area (Å²) in [7, 11) is 4.25. The Morgan fingerprint density at radius 3 is 1.91 bits per heavy atom. The fraction of sp³-hybridized carbons (Fsp3) is 0.125. The molecular formula is C24H24N4O6. The summed E-state index contributed by atoms with van der Waals surface area (Å²) in [6.45, 7) is 0. The summed E-state index contributed by atoms with van der Waals surface area (Å²) in [5.41, 5.74) is 6.70. The zero-order valence-corrected chi connectivity index (χ0v) is 18.8. The van der Waals surface area contributed by atoms with Crippen molar-refractivity contribution in [3.05, 3.63) is 71.8 Å². The Hall–Kier alpha value is -4.73. The van der Waals surface area contributed by atoms with Crippen LogP contribution in [-0.4, -0.2) is 39.2 Å². The number of benzene rings is 3. The van der Waals surface area contributed by atoms with Crippen LogP contribution < -0.4 is 35.9 Å². The first-order valence-electron chi connectivity index (χ1n) is 10.0. The van der Waals surface area contributed by atoms with Crippen LogP contribution in [0, 0.1) is 0 Å². The minimum absolute atomic E-state index is 0.0292. The van der Waals surface area contributed by atoms with Crippen LogP contribution in [0.25, 0.3) is 0 Å². The van der Waals surface area contributed by atoms with Gasteiger partial charge in [0.15, 0.2) is 11.5 Å². The van der Waals surface area contributed by atoms with Crippen molar-refractivity contribution in [1.82, 2.24) is 0 Å². The smallest absolute Gasteiger partial charge is 0.323 e. The molecule has 0 aliphatic carbocycles. The summed E-state index contributed by atoms with van der Waals surface area (Å²) in [4.78, 5) is 37.4. The number of hydrogen-bond donors (Lipinski definition) is 4. The van der Waals surface area contributed by atoms with Crippen molar-refractivity contribution in [2.45, 2.75) is 0 Å². The highest BCUT2D eigenvalue weighted by Crippen LogP contribution is 2.34. The van der Waals surface area contributed by atoms with Gasteiger partial charge in [-0.15, -0.1) is 0 Å². The van der Waals surface area contributed by atoms with E-state index in [0.29, 0.717) is 17.1 Å². The molecular weight excluding hydrogens is 440 g/mol. The van der Waals surface area contributed by atoms with Crippen molar-refractivity contribution in [2.75, 3.05) is 37.3 Å². The van der Waals surface area contributed by atoms with Crippen molar-refractivity contribution >= 4 is 34.9 Å². The summed E-state index contributed by atoms with van der Waals surface area (Å²) < 4.78 is 15.7. The van der Waals surface area contributed by atoms with Gasteiger partial charge < -0.3 is 35.9 Å². The van der Waals surface area contributed by atoms with Crippen LogP contribution in [0.15, 0.2) is 60.7 Å². The predicted molar refractivity (Wildman–Crippen MR) is 128 cm³/mol. The maximum atomic E-state index is 13.1. The molecule has 3 rings (SSSR count). The third kappa shape index (κ3) is 5.54. The summed E-state index contributed by atoms with van der Waals surface area (Å²) in [6, 6.07) is 15.8. The van der Waals surface area contributed by atoms with Gasteiger partial charge in [-0.3, -0.25) is 9.59 Å². The van der Waals surface area contributed by atoms with E-state index in [0.717, 1.165) is 0 Å². The number of nitrogens with one attached hydrogen (secondary N) is 3. The lowest BCUT2D eigenvalue weighted by molar-refractivity contribution is 0.100. The molecule has 34 heavy (non-hydrogen) atoms. The third-order valence-corrected chi connectivity index (χ3v) is 4.77. The minimum atomic E-state index is -0.767. The Kier molecular flexibility index (Phi) is 7.55. The second kappa shape index (κ2) is 10.7. The Morgan fingerprint density at radius 2 is 1.29 bits per heavy atom. The average molecular weight is 464 g/mol. The molecule has 0 spiro atoms. The zero-order valence-electron chi connectivity index (χ0n) is 18.8. The highest BCUT2D eigenvalue weighted by molar-refractivity contribution is 6.11. The SMILES string of the molecule is COc1cc(NC(=O)c2cc(NC(=O)Nc3ccccc3)ccc2OC)c(C(N)=O)cc1OC. The number of ether oxygens (including phenoxy) is 3. The molecule has 176 valence electrons. The Labute approximate surface area is 196 Å². The quantitative estimate of drug-likeness (QED) is 0.401. The second-order valence-corrected chi connectivity index (χ2v) is 6.93. The molecule has 0 saturated heterocycles. The molecule has 0 atom stereocenters. The van der Waals surface area contributed by atoms with E-state index in [1.54, 1.807) is 30.3 Å². The Balaban J connectivity index is 1.87. The van der Waals surface area contributed by atoms with Gasteiger partial charge >= 0.3 is 6.03 Å². The third-order valence-electron chi connectivity index (χ3n) is 4.77. The van der Waals surface area contributed by atoms with Crippen molar-refractivity contribution in [3.63, 3.8) is 0 Å². The van der Waals surface area contributed by atoms with Crippen LogP contribution in [0.5, 0.6) is 17.2 Å². The number of carbonyl (C=O) groups is 3. The predicted octanol–water partition coefficient (Wildman–Crippen LogP) is 3.71. The molecule has 0 aliphatic heterocycles. The molecule has 0 unspecified atom stereocenters. The van der Waals surface area contributed by atoms with Crippen LogP contribution in [-0.2, 0) is 0 Å². The number of nitrogens with two attached hydrogens (primary N) is 1. The van der Waals surface area contributed by atoms with Crippen molar-refractivity contribution < 1.29 is 28.6 Å². The van der Waals surface area contributed by atoms with Gasteiger partial charge in [-0.05, 0) is 36.4 Å². The molecule has 10 nitrogen and oxygen atoms in total. The van der Waals surface area contributed by atoms with E-state index in [1.165, 1.54) is 45.6 Å². The highest BCUT2D eigenvalue weighted by atomic mass is 16.5. The van der Waals surface area contributed by atoms with Gasteiger partial charge in [0, 0.05) is 17.4 Å². The van der Waals surface area contributed by atoms with E-state index >= 15 is 0 Å². The molecule has 10 heteroatoms. The average Bonchev–Trinajstić information content (AvgIpc) is 2.84. The summed E-state index contributed by atoms with van der Waals surface area (Å²) in [5.74, 6) is -0.534. The molecule has 5 N–H and O–H groups in total. The number of amides is 4. The first-order valence-corrected chi connectivity index (χ1v) is 10.0. The van der Waals surface area contributed by atoms with E-state index < -0.39 is 17.8 Å². The van der Waals surface area contributed by atoms with Crippen LogP contribution in [0.1, 0.15) is 20.7 Å². The number of primary amides is 1. The normalized spacial score (nSPS) is 10.1. The second-order valence-electron chi connectivity index (χ2n) is 6.93. The van der Waals surface area contributed by atoms with Crippen LogP contribution in [0.3, 0.4) is 0 Å². The lowest BCUT2D eigenvalue weighted by Gasteiger charge is -2.16. The molecule has 4 amide bonds. The molecule has 0 aliphatic rings. The molecule has 3 aromatic rings. The molecule has 0 radical (unpaired) electrons. The fourth-order valence-corrected chi connectivity index (χ4v) is 3.15. The van der Waals surface area contributed by atoms with Crippen molar-refractivity contribution in [2.24, 2.45) is 5.73 Å². The molecule has 0 heterocycles. The van der Waals surface area contributed by atoms with Crippen LogP contribution in [0.4, 0.5) is 21.9 Å². The van der Waals surface area contributed by atoms with Gasteiger partial charge in [0.2, 0.25) is 0 Å². The van der Waals surface area contributed by atoms with Crippen molar-refractivity contribution in [3.8, 4) is 17.2 Å². The standard InChI is InChI=1S/C24H24N4O6/c1-32-19-10-9-15(27-24(31)26-14-7-5-4-6-8-14)11-17(19)23(30)28-18-13-21(34-3)20(33-2)12-16(18)22(25)29/h4-13H,1-3H3,(H2,25,29)(H,28,30)(H2,26,27,31). The van der Waals surface area contributed by atoms with Gasteiger partial charge in [0.25, 0.3) is 11.8 Å². The maximum absolute atomic E-state index is 13.1. The summed E-state index contributed by atoms with van der Waals surface area (Å²) >= 11 is 0. The zero-order chi connectivity index (χ0) is 24.7. The van der Waals surface area contributed by atoms with Gasteiger partial charge in [0.1, 0.15) is 5.75 Å². The highest BCUT2D eigenvalue weighted by Gasteiger charge is 2.20. The van der Waals surface area contributed by atoms with Gasteiger partial charge in [-0.2, -0.15) is 0 Å². The fourth-order valence-electron chi connectivity index (χ4n) is 3.15. The molecule has 0 bridgehead atoms. The number of anilines is 3. The van der Waals surface area contributed by atoms with Gasteiger partial charge in [-0.25, -0.2) is 4.79 Å². The van der Waals surface area contributed by atoms with E-state index in [4.69, 9.17) is 19.9 Å². The monoisotopic (exact) mass is 464 g/mol. The Bertz CT molecular complexity index is 1210. The number of carbonyl (C=O) groups excluding carboxylic acids is 3. The van der Waals surface area contributed by atoms with Crippen molar-refractivity contribution in [1.29, 1.82) is 0 Å². The topological polar surface area (TPSA) is 141 Å². The lowest BCUT2D eigenvalue weighted by Crippen LogP contribution is -2.21. The molecule has 0 fully saturated rings. The number of para-hydroxylation sites is 1.